The van der Waals surface area contributed by atoms with E-state index in [0.29, 0.717) is 17.1 Å². The fourth-order valence-corrected chi connectivity index (χ4v) is 1.89. The molecule has 0 fully saturated rings. The molecule has 6 heteroatoms. The van der Waals surface area contributed by atoms with Crippen molar-refractivity contribution in [2.24, 2.45) is 5.73 Å². The molecule has 1 heterocycles. The molecule has 0 aliphatic rings. The number of nitro benzene ring substituents is 1. The molecule has 0 bridgehead atoms. The molecule has 1 atom stereocenters. The fraction of sp³-hybridized carbons (Fsp3) is 0.286. The Morgan fingerprint density at radius 3 is 2.75 bits per heavy atom. The fourth-order valence-electron chi connectivity index (χ4n) is 1.89. The number of hydrogen-bond donors (Lipinski definition) is 1. The Labute approximate surface area is 116 Å². The standard InChI is InChI=1S/C14H16N2O4/c1-3-10(15)13-7-6-12(20-13)9-4-5-14(19-2)11(8-9)16(17)18/h4-8,10H,3,15H2,1-2H3. The first-order valence-corrected chi connectivity index (χ1v) is 6.25. The molecule has 1 aromatic heterocycles. The van der Waals surface area contributed by atoms with Crippen molar-refractivity contribution in [1.29, 1.82) is 0 Å². The van der Waals surface area contributed by atoms with E-state index in [-0.39, 0.29) is 17.5 Å². The van der Waals surface area contributed by atoms with E-state index in [2.05, 4.69) is 0 Å². The van der Waals surface area contributed by atoms with E-state index in [9.17, 15) is 10.1 Å². The first-order chi connectivity index (χ1) is 9.56. The molecule has 2 aromatic rings. The lowest BCUT2D eigenvalue weighted by Gasteiger charge is -2.05. The van der Waals surface area contributed by atoms with Crippen LogP contribution in [-0.2, 0) is 0 Å². The summed E-state index contributed by atoms with van der Waals surface area (Å²) < 4.78 is 10.6. The first-order valence-electron chi connectivity index (χ1n) is 6.25. The van der Waals surface area contributed by atoms with E-state index in [1.54, 1.807) is 24.3 Å². The molecule has 20 heavy (non-hydrogen) atoms. The topological polar surface area (TPSA) is 91.5 Å². The molecule has 0 aliphatic carbocycles. The maximum Gasteiger partial charge on any atom is 0.311 e. The number of methoxy groups -OCH3 is 1. The van der Waals surface area contributed by atoms with E-state index in [1.807, 2.05) is 6.92 Å². The number of rotatable bonds is 5. The zero-order chi connectivity index (χ0) is 14.7. The van der Waals surface area contributed by atoms with Gasteiger partial charge in [0.15, 0.2) is 5.75 Å². The van der Waals surface area contributed by atoms with Gasteiger partial charge in [0.2, 0.25) is 0 Å². The van der Waals surface area contributed by atoms with Crippen LogP contribution in [0.2, 0.25) is 0 Å². The Morgan fingerprint density at radius 2 is 2.15 bits per heavy atom. The zero-order valence-electron chi connectivity index (χ0n) is 11.3. The Bertz CT molecular complexity index is 621. The van der Waals surface area contributed by atoms with Gasteiger partial charge in [-0.25, -0.2) is 0 Å². The van der Waals surface area contributed by atoms with Crippen molar-refractivity contribution >= 4 is 5.69 Å². The number of nitro groups is 1. The summed E-state index contributed by atoms with van der Waals surface area (Å²) in [5.41, 5.74) is 6.41. The molecule has 0 spiro atoms. The van der Waals surface area contributed by atoms with Gasteiger partial charge in [0.1, 0.15) is 11.5 Å². The molecule has 2 N–H and O–H groups in total. The van der Waals surface area contributed by atoms with Crippen LogP contribution >= 0.6 is 0 Å². The average Bonchev–Trinajstić information content (AvgIpc) is 2.95. The molecule has 1 unspecified atom stereocenters. The van der Waals surface area contributed by atoms with Crippen molar-refractivity contribution in [3.8, 4) is 17.1 Å². The Balaban J connectivity index is 2.40. The highest BCUT2D eigenvalue weighted by atomic mass is 16.6. The normalized spacial score (nSPS) is 12.2. The molecule has 1 aromatic carbocycles. The van der Waals surface area contributed by atoms with Crippen molar-refractivity contribution in [2.45, 2.75) is 19.4 Å². The van der Waals surface area contributed by atoms with Crippen LogP contribution in [0.4, 0.5) is 5.69 Å². The van der Waals surface area contributed by atoms with E-state index >= 15 is 0 Å². The highest BCUT2D eigenvalue weighted by molar-refractivity contribution is 5.65. The van der Waals surface area contributed by atoms with Gasteiger partial charge in [-0.05, 0) is 30.7 Å². The lowest BCUT2D eigenvalue weighted by atomic mass is 10.1. The summed E-state index contributed by atoms with van der Waals surface area (Å²) in [5.74, 6) is 1.44. The number of benzene rings is 1. The minimum Gasteiger partial charge on any atom is -0.490 e. The van der Waals surface area contributed by atoms with Crippen LogP contribution in [0.25, 0.3) is 11.3 Å². The lowest BCUT2D eigenvalue weighted by Crippen LogP contribution is -2.06. The van der Waals surface area contributed by atoms with Crippen molar-refractivity contribution in [1.82, 2.24) is 0 Å². The van der Waals surface area contributed by atoms with Crippen molar-refractivity contribution < 1.29 is 14.1 Å². The van der Waals surface area contributed by atoms with Gasteiger partial charge in [-0.3, -0.25) is 10.1 Å². The number of furan rings is 1. The van der Waals surface area contributed by atoms with Gasteiger partial charge < -0.3 is 14.9 Å². The molecule has 0 radical (unpaired) electrons. The van der Waals surface area contributed by atoms with Crippen molar-refractivity contribution in [3.63, 3.8) is 0 Å². The second-order valence-electron chi connectivity index (χ2n) is 4.36. The zero-order valence-corrected chi connectivity index (χ0v) is 11.3. The molecule has 2 rings (SSSR count). The van der Waals surface area contributed by atoms with E-state index in [1.165, 1.54) is 13.2 Å². The van der Waals surface area contributed by atoms with Gasteiger partial charge in [-0.15, -0.1) is 0 Å². The summed E-state index contributed by atoms with van der Waals surface area (Å²) >= 11 is 0. The molecule has 0 saturated carbocycles. The Hall–Kier alpha value is -2.34. The third-order valence-corrected chi connectivity index (χ3v) is 3.09. The van der Waals surface area contributed by atoms with Gasteiger partial charge in [0, 0.05) is 11.6 Å². The number of nitrogens with zero attached hydrogens (tertiary/aromatic N) is 1. The van der Waals surface area contributed by atoms with Crippen LogP contribution in [0.15, 0.2) is 34.7 Å². The van der Waals surface area contributed by atoms with Crippen LogP contribution in [0.3, 0.4) is 0 Å². The van der Waals surface area contributed by atoms with Crippen LogP contribution in [0, 0.1) is 10.1 Å². The second-order valence-corrected chi connectivity index (χ2v) is 4.36. The molecule has 0 saturated heterocycles. The smallest absolute Gasteiger partial charge is 0.311 e. The maximum atomic E-state index is 11.0. The van der Waals surface area contributed by atoms with E-state index < -0.39 is 4.92 Å². The predicted molar refractivity (Wildman–Crippen MR) is 74.6 cm³/mol. The minimum atomic E-state index is -0.482. The molecule has 0 amide bonds. The largest absolute Gasteiger partial charge is 0.490 e. The Morgan fingerprint density at radius 1 is 1.40 bits per heavy atom. The van der Waals surface area contributed by atoms with Crippen LogP contribution in [-0.4, -0.2) is 12.0 Å². The highest BCUT2D eigenvalue weighted by Gasteiger charge is 2.17. The van der Waals surface area contributed by atoms with Gasteiger partial charge in [-0.2, -0.15) is 0 Å². The summed E-state index contributed by atoms with van der Waals surface area (Å²) in [6, 6.07) is 8.08. The Kier molecular flexibility index (Phi) is 4.05. The third kappa shape index (κ3) is 2.65. The molecule has 106 valence electrons. The number of hydrogen-bond acceptors (Lipinski definition) is 5. The number of ether oxygens (including phenoxy) is 1. The van der Waals surface area contributed by atoms with E-state index in [4.69, 9.17) is 14.9 Å². The summed E-state index contributed by atoms with van der Waals surface area (Å²) in [7, 11) is 1.40. The summed E-state index contributed by atoms with van der Waals surface area (Å²) in [5, 5.41) is 11.0. The van der Waals surface area contributed by atoms with Gasteiger partial charge in [-0.1, -0.05) is 6.92 Å². The quantitative estimate of drug-likeness (QED) is 0.668. The number of nitrogens with two attached hydrogens (primary N) is 1. The molecule has 6 nitrogen and oxygen atoms in total. The second kappa shape index (κ2) is 5.75. The van der Waals surface area contributed by atoms with Crippen molar-refractivity contribution in [3.05, 3.63) is 46.2 Å². The van der Waals surface area contributed by atoms with Crippen molar-refractivity contribution in [2.75, 3.05) is 7.11 Å². The van der Waals surface area contributed by atoms with Gasteiger partial charge >= 0.3 is 5.69 Å². The molecular weight excluding hydrogens is 260 g/mol. The van der Waals surface area contributed by atoms with Gasteiger partial charge in [0.05, 0.1) is 18.1 Å². The third-order valence-electron chi connectivity index (χ3n) is 3.09. The predicted octanol–water partition coefficient (Wildman–Crippen LogP) is 3.27. The van der Waals surface area contributed by atoms with Crippen LogP contribution < -0.4 is 10.5 Å². The van der Waals surface area contributed by atoms with E-state index in [0.717, 1.165) is 6.42 Å². The highest BCUT2D eigenvalue weighted by Crippen LogP contribution is 2.33. The lowest BCUT2D eigenvalue weighted by molar-refractivity contribution is -0.385. The first kappa shape index (κ1) is 14.1. The van der Waals surface area contributed by atoms with Crippen LogP contribution in [0.1, 0.15) is 25.1 Å². The summed E-state index contributed by atoms with van der Waals surface area (Å²) in [6.07, 6.45) is 0.760. The van der Waals surface area contributed by atoms with Crippen LogP contribution in [0.5, 0.6) is 5.75 Å². The summed E-state index contributed by atoms with van der Waals surface area (Å²) in [4.78, 5) is 10.5. The summed E-state index contributed by atoms with van der Waals surface area (Å²) in [6.45, 7) is 1.96. The molecular formula is C14H16N2O4. The minimum absolute atomic E-state index is 0.0947. The monoisotopic (exact) mass is 276 g/mol. The van der Waals surface area contributed by atoms with Gasteiger partial charge in [0.25, 0.3) is 0 Å². The molecule has 0 aliphatic heterocycles. The average molecular weight is 276 g/mol. The SMILES string of the molecule is CCC(N)c1ccc(-c2ccc(OC)c([N+](=O)[O-])c2)o1. The maximum absolute atomic E-state index is 11.0.